The van der Waals surface area contributed by atoms with Gasteiger partial charge in [-0.25, -0.2) is 15.3 Å². The number of aromatic carboxylic acids is 1. The number of hydrogen-bond acceptors (Lipinski definition) is 6. The first kappa shape index (κ1) is 24.7. The molecule has 0 aliphatic rings. The lowest BCUT2D eigenvalue weighted by molar-refractivity contribution is -0.129. The summed E-state index contributed by atoms with van der Waals surface area (Å²) in [4.78, 5) is 42.3. The Morgan fingerprint density at radius 2 is 1.94 bits per heavy atom. The predicted molar refractivity (Wildman–Crippen MR) is 121 cm³/mol. The Balaban J connectivity index is 1.91. The lowest BCUT2D eigenvalue weighted by Gasteiger charge is -2.22. The number of amides is 2. The Hall–Kier alpha value is -3.92. The summed E-state index contributed by atoms with van der Waals surface area (Å²) in [7, 11) is 0. The van der Waals surface area contributed by atoms with Gasteiger partial charge in [-0.3, -0.25) is 14.8 Å². The number of furan rings is 1. The second-order valence-electron chi connectivity index (χ2n) is 7.84. The first-order chi connectivity index (χ1) is 16.4. The van der Waals surface area contributed by atoms with Gasteiger partial charge >= 0.3 is 5.97 Å². The molecule has 34 heavy (non-hydrogen) atoms. The zero-order valence-electron chi connectivity index (χ0n) is 18.9. The fourth-order valence-corrected chi connectivity index (χ4v) is 3.53. The van der Waals surface area contributed by atoms with Crippen molar-refractivity contribution in [1.82, 2.24) is 19.9 Å². The molecule has 0 saturated carbocycles. The van der Waals surface area contributed by atoms with E-state index in [1.807, 2.05) is 4.57 Å². The molecule has 0 aliphatic heterocycles. The number of rotatable bonds is 12. The highest BCUT2D eigenvalue weighted by atomic mass is 16.5. The molecule has 3 N–H and O–H groups in total. The number of imidazole rings is 1. The topological polar surface area (TPSA) is 138 Å². The van der Waals surface area contributed by atoms with E-state index in [4.69, 9.17) is 14.7 Å². The van der Waals surface area contributed by atoms with Crippen LogP contribution < -0.4 is 5.48 Å². The molecule has 3 aromatic rings. The number of hydrogen-bond donors (Lipinski definition) is 3. The zero-order valence-corrected chi connectivity index (χ0v) is 18.9. The Labute approximate surface area is 196 Å². The molecule has 180 valence electrons. The van der Waals surface area contributed by atoms with Crippen molar-refractivity contribution in [2.24, 2.45) is 0 Å². The van der Waals surface area contributed by atoms with Gasteiger partial charge in [0, 0.05) is 25.9 Å². The predicted octanol–water partition coefficient (Wildman–Crippen LogP) is 3.10. The van der Waals surface area contributed by atoms with Gasteiger partial charge in [0.05, 0.1) is 24.6 Å². The third kappa shape index (κ3) is 6.32. The quantitative estimate of drug-likeness (QED) is 0.274. The van der Waals surface area contributed by atoms with E-state index in [9.17, 15) is 14.4 Å². The van der Waals surface area contributed by atoms with Crippen LogP contribution in [0, 0.1) is 0 Å². The van der Waals surface area contributed by atoms with E-state index < -0.39 is 11.9 Å². The molecule has 0 unspecified atom stereocenters. The van der Waals surface area contributed by atoms with Crippen LogP contribution in [0.15, 0.2) is 53.3 Å². The molecule has 3 rings (SSSR count). The molecule has 0 radical (unpaired) electrons. The number of aromatic nitrogens is 2. The summed E-state index contributed by atoms with van der Waals surface area (Å²) < 4.78 is 7.21. The highest BCUT2D eigenvalue weighted by molar-refractivity contribution is 5.93. The number of nitrogens with one attached hydrogen (secondary N) is 1. The Morgan fingerprint density at radius 1 is 1.18 bits per heavy atom. The van der Waals surface area contributed by atoms with Crippen LogP contribution in [-0.2, 0) is 24.3 Å². The second kappa shape index (κ2) is 11.8. The van der Waals surface area contributed by atoms with Crippen LogP contribution in [-0.4, -0.2) is 49.1 Å². The second-order valence-corrected chi connectivity index (χ2v) is 7.84. The summed E-state index contributed by atoms with van der Waals surface area (Å²) in [6.07, 6.45) is 5.49. The maximum Gasteiger partial charge on any atom is 0.335 e. The smallest absolute Gasteiger partial charge is 0.335 e. The average molecular weight is 469 g/mol. The normalized spacial score (nSPS) is 10.8. The lowest BCUT2D eigenvalue weighted by atomic mass is 10.1. The number of aryl methyl sites for hydroxylation is 1. The van der Waals surface area contributed by atoms with Crippen molar-refractivity contribution < 1.29 is 29.1 Å². The fraction of sp³-hybridized carbons (Fsp3) is 0.333. The highest BCUT2D eigenvalue weighted by Crippen LogP contribution is 2.17. The molecule has 10 nitrogen and oxygen atoms in total. The molecule has 10 heteroatoms. The number of hydroxylamine groups is 1. The van der Waals surface area contributed by atoms with Gasteiger partial charge in [-0.1, -0.05) is 25.5 Å². The summed E-state index contributed by atoms with van der Waals surface area (Å²) in [6.45, 7) is 2.62. The van der Waals surface area contributed by atoms with Crippen LogP contribution in [0.2, 0.25) is 0 Å². The van der Waals surface area contributed by atoms with Crippen molar-refractivity contribution in [1.29, 1.82) is 0 Å². The maximum atomic E-state index is 13.6. The van der Waals surface area contributed by atoms with Crippen molar-refractivity contribution in [3.63, 3.8) is 0 Å². The van der Waals surface area contributed by atoms with Crippen LogP contribution in [0.25, 0.3) is 0 Å². The molecule has 0 atom stereocenters. The van der Waals surface area contributed by atoms with Gasteiger partial charge in [-0.05, 0) is 36.2 Å². The average Bonchev–Trinajstić information content (AvgIpc) is 3.50. The molecule has 1 aromatic carbocycles. The van der Waals surface area contributed by atoms with Crippen molar-refractivity contribution >= 4 is 17.8 Å². The Morgan fingerprint density at radius 3 is 2.56 bits per heavy atom. The van der Waals surface area contributed by atoms with Gasteiger partial charge in [-0.15, -0.1) is 0 Å². The molecule has 0 fully saturated rings. The lowest BCUT2D eigenvalue weighted by Crippen LogP contribution is -2.35. The third-order valence-corrected chi connectivity index (χ3v) is 5.40. The number of carbonyl (C=O) groups is 3. The summed E-state index contributed by atoms with van der Waals surface area (Å²) >= 11 is 0. The van der Waals surface area contributed by atoms with Crippen LogP contribution in [0.5, 0.6) is 0 Å². The summed E-state index contributed by atoms with van der Waals surface area (Å²) in [5, 5.41) is 18.0. The molecule has 0 saturated heterocycles. The van der Waals surface area contributed by atoms with Gasteiger partial charge in [-0.2, -0.15) is 0 Å². The number of benzene rings is 1. The number of nitrogens with zero attached hydrogens (tertiary/aromatic N) is 3. The maximum absolute atomic E-state index is 13.6. The molecule has 0 spiro atoms. The van der Waals surface area contributed by atoms with E-state index in [1.54, 1.807) is 29.7 Å². The van der Waals surface area contributed by atoms with E-state index >= 15 is 0 Å². The van der Waals surface area contributed by atoms with Gasteiger partial charge in [0.15, 0.2) is 0 Å². The Kier molecular flexibility index (Phi) is 8.58. The number of carboxylic acids is 1. The summed E-state index contributed by atoms with van der Waals surface area (Å²) in [5.41, 5.74) is 2.94. The Bertz CT molecular complexity index is 1110. The van der Waals surface area contributed by atoms with Crippen LogP contribution in [0.3, 0.4) is 0 Å². The van der Waals surface area contributed by atoms with Crippen LogP contribution >= 0.6 is 0 Å². The van der Waals surface area contributed by atoms with E-state index in [0.717, 1.165) is 24.2 Å². The molecule has 0 aliphatic carbocycles. The summed E-state index contributed by atoms with van der Waals surface area (Å²) in [6, 6.07) is 9.94. The molecular formula is C24H28N4O6. The third-order valence-electron chi connectivity index (χ3n) is 5.40. The zero-order chi connectivity index (χ0) is 24.5. The molecule has 0 bridgehead atoms. The minimum Gasteiger partial charge on any atom is -0.478 e. The number of unbranched alkanes of at least 4 members (excludes halogenated alkanes) is 1. The molecule has 2 aromatic heterocycles. The molecule has 2 heterocycles. The minimum atomic E-state index is -1.01. The van der Waals surface area contributed by atoms with Gasteiger partial charge in [0.1, 0.15) is 17.3 Å². The van der Waals surface area contributed by atoms with E-state index in [1.165, 1.54) is 29.5 Å². The number of carboxylic acid groups (broad SMARTS) is 1. The molecular weight excluding hydrogens is 440 g/mol. The first-order valence-electron chi connectivity index (χ1n) is 11.0. The van der Waals surface area contributed by atoms with Crippen LogP contribution in [0.4, 0.5) is 0 Å². The van der Waals surface area contributed by atoms with E-state index in [2.05, 4.69) is 11.9 Å². The van der Waals surface area contributed by atoms with E-state index in [-0.39, 0.29) is 31.0 Å². The van der Waals surface area contributed by atoms with Crippen LogP contribution in [0.1, 0.15) is 64.2 Å². The first-order valence-corrected chi connectivity index (χ1v) is 11.0. The minimum absolute atomic E-state index is 0.0642. The standard InChI is InChI=1S/C24H28N4O6/c1-2-3-6-21-25-14-20(28(21)15-17-7-9-18(10-8-17)24(31)32)23(30)27(12-11-22(29)26-33)16-19-5-4-13-34-19/h4-5,7-10,13-14,33H,2-3,6,11-12,15-16H2,1H3,(H,26,29)(H,31,32). The van der Waals surface area contributed by atoms with E-state index in [0.29, 0.717) is 24.4 Å². The SMILES string of the molecule is CCCCc1ncc(C(=O)N(CCC(=O)NO)Cc2ccco2)n1Cc1ccc(C(=O)O)cc1. The largest absolute Gasteiger partial charge is 0.478 e. The number of carbonyl (C=O) groups excluding carboxylic acids is 2. The highest BCUT2D eigenvalue weighted by Gasteiger charge is 2.24. The van der Waals surface area contributed by atoms with Gasteiger partial charge in [0.25, 0.3) is 5.91 Å². The van der Waals surface area contributed by atoms with Crippen molar-refractivity contribution in [3.05, 3.63) is 77.3 Å². The van der Waals surface area contributed by atoms with Gasteiger partial charge < -0.3 is 19.0 Å². The van der Waals surface area contributed by atoms with Gasteiger partial charge in [0.2, 0.25) is 5.91 Å². The van der Waals surface area contributed by atoms with Crippen molar-refractivity contribution in [2.75, 3.05) is 6.54 Å². The van der Waals surface area contributed by atoms with Crippen molar-refractivity contribution in [3.8, 4) is 0 Å². The summed E-state index contributed by atoms with van der Waals surface area (Å²) in [5.74, 6) is -0.639. The van der Waals surface area contributed by atoms with Crippen molar-refractivity contribution in [2.45, 2.75) is 45.7 Å². The monoisotopic (exact) mass is 468 g/mol. The molecule has 2 amide bonds. The fourth-order valence-electron chi connectivity index (χ4n) is 3.53.